The number of halogens is 1. The van der Waals surface area contributed by atoms with Gasteiger partial charge in [0, 0.05) is 6.04 Å². The molecule has 0 radical (unpaired) electrons. The van der Waals surface area contributed by atoms with Crippen molar-refractivity contribution in [3.63, 3.8) is 0 Å². The van der Waals surface area contributed by atoms with Crippen LogP contribution in [-0.4, -0.2) is 13.2 Å². The molecular weight excluding hydrogens is 222 g/mol. The van der Waals surface area contributed by atoms with Gasteiger partial charge in [-0.3, -0.25) is 0 Å². The number of benzene rings is 1. The summed E-state index contributed by atoms with van der Waals surface area (Å²) in [5.74, 6) is 1.26. The zero-order valence-corrected chi connectivity index (χ0v) is 10.9. The van der Waals surface area contributed by atoms with Crippen LogP contribution in [0.4, 0.5) is 0 Å². The Bertz CT molecular complexity index is 339. The first-order valence-electron chi connectivity index (χ1n) is 5.62. The predicted octanol–water partition coefficient (Wildman–Crippen LogP) is 3.26. The molecule has 0 saturated heterocycles. The number of rotatable bonds is 5. The molecule has 2 nitrogen and oxygen atoms in total. The normalized spacial score (nSPS) is 12.9. The third kappa shape index (κ3) is 3.69. The molecule has 3 heteroatoms. The van der Waals surface area contributed by atoms with Crippen molar-refractivity contribution >= 4 is 11.6 Å². The highest BCUT2D eigenvalue weighted by Gasteiger charge is 2.08. The average molecular weight is 242 g/mol. The van der Waals surface area contributed by atoms with Crippen molar-refractivity contribution < 1.29 is 4.74 Å². The molecule has 1 unspecified atom stereocenters. The second kappa shape index (κ2) is 6.12. The SMILES string of the molecule is COc1cc(CCC(N)C(C)C)ccc1Cl. The first-order valence-corrected chi connectivity index (χ1v) is 6.00. The van der Waals surface area contributed by atoms with Crippen LogP contribution in [0.25, 0.3) is 0 Å². The van der Waals surface area contributed by atoms with Crippen LogP contribution < -0.4 is 10.5 Å². The number of methoxy groups -OCH3 is 1. The Morgan fingerprint density at radius 3 is 2.62 bits per heavy atom. The summed E-state index contributed by atoms with van der Waals surface area (Å²) in [6, 6.07) is 6.13. The molecule has 1 atom stereocenters. The van der Waals surface area contributed by atoms with Crippen molar-refractivity contribution in [3.8, 4) is 5.75 Å². The van der Waals surface area contributed by atoms with E-state index in [-0.39, 0.29) is 6.04 Å². The fraction of sp³-hybridized carbons (Fsp3) is 0.538. The smallest absolute Gasteiger partial charge is 0.137 e. The second-order valence-corrected chi connectivity index (χ2v) is 4.82. The van der Waals surface area contributed by atoms with Crippen LogP contribution in [0.5, 0.6) is 5.75 Å². The van der Waals surface area contributed by atoms with E-state index in [0.717, 1.165) is 18.6 Å². The van der Waals surface area contributed by atoms with Crippen molar-refractivity contribution in [1.82, 2.24) is 0 Å². The molecule has 1 aromatic carbocycles. The van der Waals surface area contributed by atoms with E-state index < -0.39 is 0 Å². The van der Waals surface area contributed by atoms with Gasteiger partial charge in [0.05, 0.1) is 12.1 Å². The van der Waals surface area contributed by atoms with Crippen molar-refractivity contribution in [2.45, 2.75) is 32.7 Å². The first-order chi connectivity index (χ1) is 7.54. The highest BCUT2D eigenvalue weighted by Crippen LogP contribution is 2.25. The van der Waals surface area contributed by atoms with Crippen molar-refractivity contribution in [1.29, 1.82) is 0 Å². The van der Waals surface area contributed by atoms with E-state index in [9.17, 15) is 0 Å². The lowest BCUT2D eigenvalue weighted by atomic mass is 9.97. The summed E-state index contributed by atoms with van der Waals surface area (Å²) >= 11 is 5.96. The fourth-order valence-corrected chi connectivity index (χ4v) is 1.72. The summed E-state index contributed by atoms with van der Waals surface area (Å²) in [5, 5.41) is 0.652. The molecule has 0 aromatic heterocycles. The van der Waals surface area contributed by atoms with Gasteiger partial charge in [0.1, 0.15) is 5.75 Å². The minimum Gasteiger partial charge on any atom is -0.495 e. The molecule has 0 bridgehead atoms. The molecule has 0 fully saturated rings. The standard InChI is InChI=1S/C13H20ClNO/c1-9(2)12(15)7-5-10-4-6-11(14)13(8-10)16-3/h4,6,8-9,12H,5,7,15H2,1-3H3. The molecule has 0 aliphatic carbocycles. The lowest BCUT2D eigenvalue weighted by Crippen LogP contribution is -2.26. The van der Waals surface area contributed by atoms with E-state index in [2.05, 4.69) is 13.8 Å². The number of hydrogen-bond acceptors (Lipinski definition) is 2. The molecule has 0 spiro atoms. The largest absolute Gasteiger partial charge is 0.495 e. The van der Waals surface area contributed by atoms with Gasteiger partial charge in [0.25, 0.3) is 0 Å². The summed E-state index contributed by atoms with van der Waals surface area (Å²) in [6.07, 6.45) is 1.95. The minimum atomic E-state index is 0.252. The molecule has 0 amide bonds. The molecule has 0 saturated carbocycles. The van der Waals surface area contributed by atoms with Crippen molar-refractivity contribution in [2.24, 2.45) is 11.7 Å². The van der Waals surface area contributed by atoms with Crippen LogP contribution in [0.2, 0.25) is 5.02 Å². The fourth-order valence-electron chi connectivity index (χ4n) is 1.53. The topological polar surface area (TPSA) is 35.2 Å². The summed E-state index contributed by atoms with van der Waals surface area (Å²) < 4.78 is 5.18. The van der Waals surface area contributed by atoms with Crippen LogP contribution in [0.15, 0.2) is 18.2 Å². The zero-order valence-electron chi connectivity index (χ0n) is 10.2. The molecule has 1 aromatic rings. The van der Waals surface area contributed by atoms with Gasteiger partial charge < -0.3 is 10.5 Å². The average Bonchev–Trinajstić information content (AvgIpc) is 2.27. The molecule has 2 N–H and O–H groups in total. The molecule has 90 valence electrons. The lowest BCUT2D eigenvalue weighted by molar-refractivity contribution is 0.414. The highest BCUT2D eigenvalue weighted by molar-refractivity contribution is 6.32. The van der Waals surface area contributed by atoms with E-state index in [1.54, 1.807) is 7.11 Å². The van der Waals surface area contributed by atoms with Gasteiger partial charge in [-0.1, -0.05) is 31.5 Å². The van der Waals surface area contributed by atoms with E-state index in [1.165, 1.54) is 5.56 Å². The van der Waals surface area contributed by atoms with Crippen LogP contribution in [0, 0.1) is 5.92 Å². The lowest BCUT2D eigenvalue weighted by Gasteiger charge is -2.15. The summed E-state index contributed by atoms with van der Waals surface area (Å²) in [4.78, 5) is 0. The van der Waals surface area contributed by atoms with Crippen LogP contribution in [0.3, 0.4) is 0 Å². The number of aryl methyl sites for hydroxylation is 1. The molecule has 16 heavy (non-hydrogen) atoms. The summed E-state index contributed by atoms with van der Waals surface area (Å²) in [6.45, 7) is 4.29. The maximum atomic E-state index is 6.01. The van der Waals surface area contributed by atoms with Crippen molar-refractivity contribution in [2.75, 3.05) is 7.11 Å². The van der Waals surface area contributed by atoms with Gasteiger partial charge in [-0.2, -0.15) is 0 Å². The molecule has 0 aliphatic rings. The molecule has 1 rings (SSSR count). The number of nitrogens with two attached hydrogens (primary N) is 1. The summed E-state index contributed by atoms with van der Waals surface area (Å²) in [7, 11) is 1.63. The monoisotopic (exact) mass is 241 g/mol. The number of ether oxygens (including phenoxy) is 1. The van der Waals surface area contributed by atoms with Gasteiger partial charge in [-0.15, -0.1) is 0 Å². The summed E-state index contributed by atoms with van der Waals surface area (Å²) in [5.41, 5.74) is 7.23. The van der Waals surface area contributed by atoms with E-state index in [1.807, 2.05) is 18.2 Å². The maximum Gasteiger partial charge on any atom is 0.137 e. The van der Waals surface area contributed by atoms with Gasteiger partial charge in [0.2, 0.25) is 0 Å². The van der Waals surface area contributed by atoms with Gasteiger partial charge >= 0.3 is 0 Å². The highest BCUT2D eigenvalue weighted by atomic mass is 35.5. The third-order valence-corrected chi connectivity index (χ3v) is 3.15. The molecule has 0 aliphatic heterocycles. The maximum absolute atomic E-state index is 6.01. The Morgan fingerprint density at radius 2 is 2.06 bits per heavy atom. The minimum absolute atomic E-state index is 0.252. The Hall–Kier alpha value is -0.730. The molecular formula is C13H20ClNO. The Labute approximate surface area is 103 Å². The quantitative estimate of drug-likeness (QED) is 0.859. The van der Waals surface area contributed by atoms with Crippen LogP contribution in [-0.2, 0) is 6.42 Å². The molecule has 0 heterocycles. The zero-order chi connectivity index (χ0) is 12.1. The van der Waals surface area contributed by atoms with Crippen LogP contribution >= 0.6 is 11.6 Å². The number of hydrogen-bond donors (Lipinski definition) is 1. The van der Waals surface area contributed by atoms with E-state index >= 15 is 0 Å². The van der Waals surface area contributed by atoms with Crippen molar-refractivity contribution in [3.05, 3.63) is 28.8 Å². The van der Waals surface area contributed by atoms with E-state index in [0.29, 0.717) is 10.9 Å². The predicted molar refractivity (Wildman–Crippen MR) is 69.1 cm³/mol. The Balaban J connectivity index is 2.61. The van der Waals surface area contributed by atoms with Gasteiger partial charge in [0.15, 0.2) is 0 Å². The third-order valence-electron chi connectivity index (χ3n) is 2.84. The van der Waals surface area contributed by atoms with Gasteiger partial charge in [-0.25, -0.2) is 0 Å². The first kappa shape index (κ1) is 13.3. The Morgan fingerprint density at radius 1 is 1.38 bits per heavy atom. The van der Waals surface area contributed by atoms with Gasteiger partial charge in [-0.05, 0) is 36.5 Å². The Kier molecular flexibility index (Phi) is 5.10. The van der Waals surface area contributed by atoms with E-state index in [4.69, 9.17) is 22.1 Å². The van der Waals surface area contributed by atoms with Crippen LogP contribution in [0.1, 0.15) is 25.8 Å². The second-order valence-electron chi connectivity index (χ2n) is 4.42.